The highest BCUT2D eigenvalue weighted by molar-refractivity contribution is 6.18. The van der Waals surface area contributed by atoms with Gasteiger partial charge in [0.15, 0.2) is 0 Å². The van der Waals surface area contributed by atoms with Crippen LogP contribution in [0.4, 0.5) is 17.1 Å². The Kier molecular flexibility index (Phi) is 9.17. The molecule has 2 heterocycles. The van der Waals surface area contributed by atoms with Gasteiger partial charge in [-0.2, -0.15) is 0 Å². The maximum Gasteiger partial charge on any atom is 0.145 e. The van der Waals surface area contributed by atoms with E-state index in [1.807, 2.05) is 0 Å². The molecule has 13 rings (SSSR count). The number of anilines is 3. The molecule has 0 aliphatic heterocycles. The van der Waals surface area contributed by atoms with E-state index in [1.165, 1.54) is 54.8 Å². The third kappa shape index (κ3) is 6.59. The summed E-state index contributed by atoms with van der Waals surface area (Å²) in [7, 11) is 0. The Bertz CT molecular complexity index is 3960. The molecule has 67 heavy (non-hydrogen) atoms. The standard InChI is InChI=1S/C64H42N2O/c1-3-16-45(17-4-1)55-39-40-60(63-57-24-10-12-28-61(57)67-64(55)63)65(52-35-31-44(32-36-52)48-19-13-20-49(41-48)50-30-29-43-15-7-8-18-47(43)42-50)53-37-33-46(34-38-53)54-25-14-27-59-62(54)56-23-9-11-26-58(56)66(59)51-21-5-2-6-22-51/h1-42H. The van der Waals surface area contributed by atoms with Gasteiger partial charge in [-0.3, -0.25) is 0 Å². The second-order valence-corrected chi connectivity index (χ2v) is 17.3. The zero-order valence-electron chi connectivity index (χ0n) is 36.6. The Labute approximate surface area is 388 Å². The van der Waals surface area contributed by atoms with Crippen molar-refractivity contribution < 1.29 is 4.42 Å². The van der Waals surface area contributed by atoms with Crippen molar-refractivity contribution in [3.63, 3.8) is 0 Å². The third-order valence-electron chi connectivity index (χ3n) is 13.4. The zero-order valence-corrected chi connectivity index (χ0v) is 36.6. The summed E-state index contributed by atoms with van der Waals surface area (Å²) in [5.74, 6) is 0. The summed E-state index contributed by atoms with van der Waals surface area (Å²) >= 11 is 0. The van der Waals surface area contributed by atoms with Crippen molar-refractivity contribution >= 4 is 71.6 Å². The molecule has 314 valence electrons. The van der Waals surface area contributed by atoms with E-state index in [-0.39, 0.29) is 0 Å². The number of nitrogens with zero attached hydrogens (tertiary/aromatic N) is 2. The lowest BCUT2D eigenvalue weighted by molar-refractivity contribution is 0.670. The van der Waals surface area contributed by atoms with Gasteiger partial charge in [-0.15, -0.1) is 0 Å². The molecule has 0 amide bonds. The molecule has 0 unspecified atom stereocenters. The molecule has 0 aliphatic rings. The van der Waals surface area contributed by atoms with E-state index in [1.54, 1.807) is 0 Å². The molecule has 0 bridgehead atoms. The Balaban J connectivity index is 0.959. The SMILES string of the molecule is c1ccc(-c2ccc(N(c3ccc(-c4cccc(-c5ccc6ccccc6c5)c4)cc3)c3ccc(-c4cccc5c4c4ccccc4n5-c4ccccc4)cc3)c3c2oc2ccccc23)cc1. The predicted octanol–water partition coefficient (Wildman–Crippen LogP) is 18.0. The average molecular weight is 855 g/mol. The number of benzene rings is 11. The molecular weight excluding hydrogens is 813 g/mol. The van der Waals surface area contributed by atoms with Crippen LogP contribution in [0.5, 0.6) is 0 Å². The summed E-state index contributed by atoms with van der Waals surface area (Å²) in [5, 5.41) is 7.12. The van der Waals surface area contributed by atoms with Gasteiger partial charge >= 0.3 is 0 Å². The van der Waals surface area contributed by atoms with Crippen LogP contribution >= 0.6 is 0 Å². The van der Waals surface area contributed by atoms with E-state index < -0.39 is 0 Å². The Morgan fingerprint density at radius 3 is 1.69 bits per heavy atom. The minimum absolute atomic E-state index is 0.863. The van der Waals surface area contributed by atoms with Gasteiger partial charge in [0.25, 0.3) is 0 Å². The van der Waals surface area contributed by atoms with Crippen molar-refractivity contribution in [2.75, 3.05) is 4.90 Å². The summed E-state index contributed by atoms with van der Waals surface area (Å²) in [6.45, 7) is 0. The molecule has 0 atom stereocenters. The van der Waals surface area contributed by atoms with Crippen LogP contribution in [0.25, 0.3) is 105 Å². The monoisotopic (exact) mass is 854 g/mol. The van der Waals surface area contributed by atoms with Crippen molar-refractivity contribution in [3.05, 3.63) is 255 Å². The molecular formula is C64H42N2O. The first-order valence-electron chi connectivity index (χ1n) is 22.9. The van der Waals surface area contributed by atoms with Gasteiger partial charge < -0.3 is 13.9 Å². The predicted molar refractivity (Wildman–Crippen MR) is 282 cm³/mol. The van der Waals surface area contributed by atoms with Crippen LogP contribution in [0.1, 0.15) is 0 Å². The Hall–Kier alpha value is -8.92. The lowest BCUT2D eigenvalue weighted by atomic mass is 9.96. The van der Waals surface area contributed by atoms with Crippen LogP contribution in [0.3, 0.4) is 0 Å². The first kappa shape index (κ1) is 38.5. The van der Waals surface area contributed by atoms with Crippen LogP contribution in [-0.2, 0) is 0 Å². The van der Waals surface area contributed by atoms with Crippen molar-refractivity contribution in [2.24, 2.45) is 0 Å². The summed E-state index contributed by atoms with van der Waals surface area (Å²) in [4.78, 5) is 2.39. The number of fused-ring (bicyclic) bond motifs is 7. The fourth-order valence-electron chi connectivity index (χ4n) is 10.2. The van der Waals surface area contributed by atoms with Crippen molar-refractivity contribution in [3.8, 4) is 50.2 Å². The molecule has 3 heteroatoms. The second-order valence-electron chi connectivity index (χ2n) is 17.3. The molecule has 13 aromatic rings. The topological polar surface area (TPSA) is 21.3 Å². The summed E-state index contributed by atoms with van der Waals surface area (Å²) in [6.07, 6.45) is 0. The largest absolute Gasteiger partial charge is 0.455 e. The van der Waals surface area contributed by atoms with Gasteiger partial charge in [-0.1, -0.05) is 176 Å². The van der Waals surface area contributed by atoms with Crippen molar-refractivity contribution in [1.29, 1.82) is 0 Å². The lowest BCUT2D eigenvalue weighted by Crippen LogP contribution is -2.10. The van der Waals surface area contributed by atoms with Crippen LogP contribution in [0, 0.1) is 0 Å². The summed E-state index contributed by atoms with van der Waals surface area (Å²) in [5.41, 5.74) is 17.7. The smallest absolute Gasteiger partial charge is 0.145 e. The third-order valence-corrected chi connectivity index (χ3v) is 13.4. The molecule has 0 fully saturated rings. The van der Waals surface area contributed by atoms with Crippen molar-refractivity contribution in [2.45, 2.75) is 0 Å². The van der Waals surface area contributed by atoms with Crippen LogP contribution in [-0.4, -0.2) is 4.57 Å². The highest BCUT2D eigenvalue weighted by Gasteiger charge is 2.23. The molecule has 0 saturated heterocycles. The van der Waals surface area contributed by atoms with E-state index in [4.69, 9.17) is 4.42 Å². The summed E-state index contributed by atoms with van der Waals surface area (Å²) in [6, 6.07) is 91.8. The second kappa shape index (κ2) is 16.0. The fourth-order valence-corrected chi connectivity index (χ4v) is 10.2. The van der Waals surface area contributed by atoms with Gasteiger partial charge in [0.05, 0.1) is 22.1 Å². The highest BCUT2D eigenvalue weighted by Crippen LogP contribution is 2.47. The molecule has 11 aromatic carbocycles. The van der Waals surface area contributed by atoms with E-state index in [2.05, 4.69) is 264 Å². The first-order chi connectivity index (χ1) is 33.2. The molecule has 0 saturated carbocycles. The normalized spacial score (nSPS) is 11.6. The molecule has 2 aromatic heterocycles. The lowest BCUT2D eigenvalue weighted by Gasteiger charge is -2.27. The van der Waals surface area contributed by atoms with E-state index >= 15 is 0 Å². The average Bonchev–Trinajstić information content (AvgIpc) is 3.97. The Morgan fingerprint density at radius 1 is 0.328 bits per heavy atom. The number of rotatable bonds is 8. The fraction of sp³-hybridized carbons (Fsp3) is 0. The number of hydrogen-bond acceptors (Lipinski definition) is 2. The van der Waals surface area contributed by atoms with Crippen molar-refractivity contribution in [1.82, 2.24) is 4.57 Å². The Morgan fingerprint density at radius 2 is 0.896 bits per heavy atom. The molecule has 0 radical (unpaired) electrons. The van der Waals surface area contributed by atoms with Gasteiger partial charge in [-0.25, -0.2) is 0 Å². The van der Waals surface area contributed by atoms with Gasteiger partial charge in [0, 0.05) is 38.8 Å². The minimum Gasteiger partial charge on any atom is -0.455 e. The quantitative estimate of drug-likeness (QED) is 0.152. The maximum absolute atomic E-state index is 6.81. The van der Waals surface area contributed by atoms with Gasteiger partial charge in [0.2, 0.25) is 0 Å². The molecule has 0 aliphatic carbocycles. The maximum atomic E-state index is 6.81. The van der Waals surface area contributed by atoms with Crippen LogP contribution < -0.4 is 4.90 Å². The number of furan rings is 1. The molecule has 0 N–H and O–H groups in total. The van der Waals surface area contributed by atoms with E-state index in [0.29, 0.717) is 0 Å². The van der Waals surface area contributed by atoms with Gasteiger partial charge in [-0.05, 0) is 129 Å². The summed E-state index contributed by atoms with van der Waals surface area (Å²) < 4.78 is 9.19. The zero-order chi connectivity index (χ0) is 44.3. The molecule has 3 nitrogen and oxygen atoms in total. The number of hydrogen-bond donors (Lipinski definition) is 0. The van der Waals surface area contributed by atoms with E-state index in [9.17, 15) is 0 Å². The first-order valence-corrected chi connectivity index (χ1v) is 22.9. The van der Waals surface area contributed by atoms with Crippen LogP contribution in [0.15, 0.2) is 259 Å². The highest BCUT2D eigenvalue weighted by atomic mass is 16.3. The number of para-hydroxylation sites is 3. The minimum atomic E-state index is 0.863. The molecule has 0 spiro atoms. The number of aromatic nitrogens is 1. The van der Waals surface area contributed by atoms with E-state index in [0.717, 1.165) is 66.9 Å². The van der Waals surface area contributed by atoms with Gasteiger partial charge in [0.1, 0.15) is 11.2 Å². The van der Waals surface area contributed by atoms with Crippen LogP contribution in [0.2, 0.25) is 0 Å².